The summed E-state index contributed by atoms with van der Waals surface area (Å²) in [6.45, 7) is 0. The molecule has 3 rings (SSSR count). The first-order chi connectivity index (χ1) is 7.43. The van der Waals surface area contributed by atoms with Gasteiger partial charge in [-0.25, -0.2) is 9.97 Å². The topological polar surface area (TPSA) is 63.8 Å². The maximum atomic E-state index is 4.73. The molecule has 15 heavy (non-hydrogen) atoms. The van der Waals surface area contributed by atoms with Gasteiger partial charge in [-0.3, -0.25) is 0 Å². The number of thiophene rings is 1. The largest absolute Gasteiger partial charge is 0.363 e. The lowest BCUT2D eigenvalue weighted by Gasteiger charge is -2.00. The Morgan fingerprint density at radius 1 is 1.27 bits per heavy atom. The molecule has 5 nitrogen and oxygen atoms in total. The van der Waals surface area contributed by atoms with Crippen LogP contribution in [0.5, 0.6) is 0 Å². The molecule has 3 aromatic rings. The van der Waals surface area contributed by atoms with Crippen LogP contribution in [0.2, 0.25) is 0 Å². The van der Waals surface area contributed by atoms with Crippen molar-refractivity contribution in [2.75, 3.05) is 5.32 Å². The first-order valence-corrected chi connectivity index (χ1v) is 5.17. The summed E-state index contributed by atoms with van der Waals surface area (Å²) in [5.41, 5.74) is 0.931. The third-order valence-electron chi connectivity index (χ3n) is 1.93. The molecule has 3 heterocycles. The first-order valence-electron chi connectivity index (χ1n) is 4.29. The number of nitrogens with one attached hydrogen (secondary N) is 1. The van der Waals surface area contributed by atoms with E-state index in [1.54, 1.807) is 17.4 Å². The molecule has 0 saturated carbocycles. The van der Waals surface area contributed by atoms with Gasteiger partial charge in [-0.1, -0.05) is 5.16 Å². The molecule has 0 saturated heterocycles. The standard InChI is InChI=1S/C9H6N4OS/c1-3-14-13-7(1)12-9-8-6(2-4-15-8)10-5-11-9/h1-5H,(H,10,11,12,13). The molecule has 0 fully saturated rings. The van der Waals surface area contributed by atoms with Gasteiger partial charge in [-0.2, -0.15) is 0 Å². The predicted octanol–water partition coefficient (Wildman–Crippen LogP) is 2.42. The monoisotopic (exact) mass is 218 g/mol. The summed E-state index contributed by atoms with van der Waals surface area (Å²) in [6, 6.07) is 3.69. The van der Waals surface area contributed by atoms with E-state index in [-0.39, 0.29) is 0 Å². The maximum Gasteiger partial charge on any atom is 0.174 e. The van der Waals surface area contributed by atoms with E-state index in [1.165, 1.54) is 12.6 Å². The summed E-state index contributed by atoms with van der Waals surface area (Å²) in [4.78, 5) is 8.31. The minimum atomic E-state index is 0.642. The number of anilines is 2. The van der Waals surface area contributed by atoms with Crippen LogP contribution in [0.1, 0.15) is 0 Å². The van der Waals surface area contributed by atoms with E-state index in [0.717, 1.165) is 16.0 Å². The Kier molecular flexibility index (Phi) is 1.85. The zero-order chi connectivity index (χ0) is 10.1. The highest BCUT2D eigenvalue weighted by atomic mass is 32.1. The van der Waals surface area contributed by atoms with Crippen molar-refractivity contribution < 1.29 is 4.52 Å². The van der Waals surface area contributed by atoms with E-state index in [2.05, 4.69) is 20.4 Å². The van der Waals surface area contributed by atoms with Crippen LogP contribution in [0.15, 0.2) is 34.6 Å². The Bertz CT molecular complexity index is 575. The smallest absolute Gasteiger partial charge is 0.174 e. The van der Waals surface area contributed by atoms with Crippen molar-refractivity contribution >= 4 is 33.2 Å². The van der Waals surface area contributed by atoms with Gasteiger partial charge in [0, 0.05) is 6.07 Å². The van der Waals surface area contributed by atoms with Gasteiger partial charge in [-0.05, 0) is 11.4 Å². The van der Waals surface area contributed by atoms with Gasteiger partial charge >= 0.3 is 0 Å². The molecule has 0 aromatic carbocycles. The van der Waals surface area contributed by atoms with Gasteiger partial charge in [0.1, 0.15) is 12.6 Å². The van der Waals surface area contributed by atoms with E-state index in [0.29, 0.717) is 5.82 Å². The molecule has 0 atom stereocenters. The van der Waals surface area contributed by atoms with Crippen LogP contribution in [0.3, 0.4) is 0 Å². The van der Waals surface area contributed by atoms with Crippen LogP contribution in [0.4, 0.5) is 11.6 Å². The van der Waals surface area contributed by atoms with E-state index >= 15 is 0 Å². The van der Waals surface area contributed by atoms with Gasteiger partial charge in [-0.15, -0.1) is 11.3 Å². The summed E-state index contributed by atoms with van der Waals surface area (Å²) in [7, 11) is 0. The normalized spacial score (nSPS) is 10.7. The van der Waals surface area contributed by atoms with Crippen LogP contribution in [0.25, 0.3) is 10.2 Å². The molecular formula is C9H6N4OS. The summed E-state index contributed by atoms with van der Waals surface area (Å²) in [6.07, 6.45) is 3.03. The summed E-state index contributed by atoms with van der Waals surface area (Å²) in [5, 5.41) is 8.81. The van der Waals surface area contributed by atoms with Gasteiger partial charge in [0.15, 0.2) is 11.6 Å². The molecule has 74 valence electrons. The maximum absolute atomic E-state index is 4.73. The molecule has 0 radical (unpaired) electrons. The Hall–Kier alpha value is -1.95. The van der Waals surface area contributed by atoms with Gasteiger partial charge in [0.2, 0.25) is 0 Å². The van der Waals surface area contributed by atoms with Gasteiger partial charge < -0.3 is 9.84 Å². The average molecular weight is 218 g/mol. The Morgan fingerprint density at radius 3 is 3.13 bits per heavy atom. The molecule has 0 unspecified atom stereocenters. The molecule has 0 amide bonds. The molecule has 0 aliphatic rings. The zero-order valence-electron chi connectivity index (χ0n) is 7.54. The van der Waals surface area contributed by atoms with Crippen LogP contribution in [0, 0.1) is 0 Å². The second-order valence-electron chi connectivity index (χ2n) is 2.87. The van der Waals surface area contributed by atoms with Crippen molar-refractivity contribution in [3.63, 3.8) is 0 Å². The number of fused-ring (bicyclic) bond motifs is 1. The highest BCUT2D eigenvalue weighted by Gasteiger charge is 2.05. The van der Waals surface area contributed by atoms with Crippen LogP contribution < -0.4 is 5.32 Å². The first kappa shape index (κ1) is 8.37. The van der Waals surface area contributed by atoms with Crippen molar-refractivity contribution in [2.24, 2.45) is 0 Å². The minimum Gasteiger partial charge on any atom is -0.363 e. The molecule has 0 spiro atoms. The Balaban J connectivity index is 2.07. The number of rotatable bonds is 2. The van der Waals surface area contributed by atoms with E-state index in [1.807, 2.05) is 11.4 Å². The fourth-order valence-electron chi connectivity index (χ4n) is 1.28. The fraction of sp³-hybridized carbons (Fsp3) is 0. The van der Waals surface area contributed by atoms with Crippen LogP contribution in [-0.4, -0.2) is 15.1 Å². The number of hydrogen-bond donors (Lipinski definition) is 1. The molecule has 0 aliphatic carbocycles. The summed E-state index contributed by atoms with van der Waals surface area (Å²) in [5.74, 6) is 1.40. The predicted molar refractivity (Wildman–Crippen MR) is 57.2 cm³/mol. The van der Waals surface area contributed by atoms with Crippen molar-refractivity contribution in [2.45, 2.75) is 0 Å². The SMILES string of the molecule is c1nc(Nc2ccon2)c2sccc2n1. The lowest BCUT2D eigenvalue weighted by molar-refractivity contribution is 0.423. The van der Waals surface area contributed by atoms with Crippen molar-refractivity contribution in [3.8, 4) is 0 Å². The van der Waals surface area contributed by atoms with Crippen molar-refractivity contribution in [1.29, 1.82) is 0 Å². The van der Waals surface area contributed by atoms with Gasteiger partial charge in [0.25, 0.3) is 0 Å². The van der Waals surface area contributed by atoms with E-state index < -0.39 is 0 Å². The van der Waals surface area contributed by atoms with E-state index in [9.17, 15) is 0 Å². The van der Waals surface area contributed by atoms with Crippen LogP contribution >= 0.6 is 11.3 Å². The lowest BCUT2D eigenvalue weighted by Crippen LogP contribution is -1.93. The molecular weight excluding hydrogens is 212 g/mol. The lowest BCUT2D eigenvalue weighted by atomic mass is 10.4. The summed E-state index contributed by atoms with van der Waals surface area (Å²) >= 11 is 1.59. The second kappa shape index (κ2) is 3.32. The van der Waals surface area contributed by atoms with Crippen LogP contribution in [-0.2, 0) is 0 Å². The Morgan fingerprint density at radius 2 is 2.27 bits per heavy atom. The third kappa shape index (κ3) is 1.44. The third-order valence-corrected chi connectivity index (χ3v) is 2.84. The molecule has 3 aromatic heterocycles. The highest BCUT2D eigenvalue weighted by molar-refractivity contribution is 7.17. The molecule has 1 N–H and O–H groups in total. The quantitative estimate of drug-likeness (QED) is 0.715. The Labute approximate surface area is 88.8 Å². The number of nitrogens with zero attached hydrogens (tertiary/aromatic N) is 3. The van der Waals surface area contributed by atoms with Gasteiger partial charge in [0.05, 0.1) is 10.2 Å². The van der Waals surface area contributed by atoms with Crippen molar-refractivity contribution in [3.05, 3.63) is 30.1 Å². The molecule has 0 aliphatic heterocycles. The number of aromatic nitrogens is 3. The summed E-state index contributed by atoms with van der Waals surface area (Å²) < 4.78 is 5.74. The zero-order valence-corrected chi connectivity index (χ0v) is 8.36. The fourth-order valence-corrected chi connectivity index (χ4v) is 2.07. The van der Waals surface area contributed by atoms with Crippen molar-refractivity contribution in [1.82, 2.24) is 15.1 Å². The van der Waals surface area contributed by atoms with E-state index in [4.69, 9.17) is 4.52 Å². The average Bonchev–Trinajstić information content (AvgIpc) is 2.87. The second-order valence-corrected chi connectivity index (χ2v) is 3.78. The highest BCUT2D eigenvalue weighted by Crippen LogP contribution is 2.26. The molecule has 6 heteroatoms. The molecule has 0 bridgehead atoms. The number of hydrogen-bond acceptors (Lipinski definition) is 6. The minimum absolute atomic E-state index is 0.642.